The Morgan fingerprint density at radius 2 is 2.12 bits per heavy atom. The Bertz CT molecular complexity index is 555. The van der Waals surface area contributed by atoms with Gasteiger partial charge < -0.3 is 5.11 Å². The second kappa shape index (κ2) is 5.29. The van der Waals surface area contributed by atoms with Crippen molar-refractivity contribution < 1.29 is 5.11 Å². The Hall–Kier alpha value is -1.39. The molecule has 0 bridgehead atoms. The van der Waals surface area contributed by atoms with Gasteiger partial charge in [0.2, 0.25) is 0 Å². The predicted octanol–water partition coefficient (Wildman–Crippen LogP) is 3.95. The van der Waals surface area contributed by atoms with Crippen molar-refractivity contribution in [2.24, 2.45) is 4.99 Å². The van der Waals surface area contributed by atoms with E-state index in [0.29, 0.717) is 16.4 Å². The molecule has 0 atom stereocenters. The van der Waals surface area contributed by atoms with Gasteiger partial charge >= 0.3 is 0 Å². The molecule has 0 fully saturated rings. The lowest BCUT2D eigenvalue weighted by atomic mass is 10.2. The van der Waals surface area contributed by atoms with Crippen LogP contribution in [-0.2, 0) is 0 Å². The molecule has 86 valence electrons. The van der Waals surface area contributed by atoms with Gasteiger partial charge in [-0.1, -0.05) is 27.5 Å². The highest BCUT2D eigenvalue weighted by Gasteiger charge is 1.98. The molecule has 1 aromatic carbocycles. The highest BCUT2D eigenvalue weighted by molar-refractivity contribution is 9.10. The second-order valence-corrected chi connectivity index (χ2v) is 4.65. The van der Waals surface area contributed by atoms with E-state index in [1.165, 1.54) is 6.20 Å². The van der Waals surface area contributed by atoms with Gasteiger partial charge in [0.05, 0.1) is 5.02 Å². The van der Waals surface area contributed by atoms with Crippen molar-refractivity contribution >= 4 is 39.6 Å². The van der Waals surface area contributed by atoms with E-state index in [1.807, 2.05) is 0 Å². The highest BCUT2D eigenvalue weighted by atomic mass is 79.9. The summed E-state index contributed by atoms with van der Waals surface area (Å²) in [5, 5.41) is 10.2. The molecule has 0 amide bonds. The Labute approximate surface area is 112 Å². The lowest BCUT2D eigenvalue weighted by Crippen LogP contribution is -1.83. The first kappa shape index (κ1) is 12.1. The molecule has 1 aromatic heterocycles. The van der Waals surface area contributed by atoms with Crippen molar-refractivity contribution in [3.8, 4) is 5.75 Å². The van der Waals surface area contributed by atoms with Crippen LogP contribution in [0.15, 0.2) is 46.0 Å². The zero-order valence-electron chi connectivity index (χ0n) is 8.64. The number of aromatic nitrogens is 1. The van der Waals surface area contributed by atoms with Gasteiger partial charge in [-0.15, -0.1) is 0 Å². The fraction of sp³-hybridized carbons (Fsp3) is 0. The molecular weight excluding hydrogens is 304 g/mol. The molecule has 0 aliphatic heterocycles. The van der Waals surface area contributed by atoms with E-state index in [2.05, 4.69) is 25.9 Å². The van der Waals surface area contributed by atoms with Gasteiger partial charge in [0.15, 0.2) is 5.82 Å². The molecule has 1 N–H and O–H groups in total. The summed E-state index contributed by atoms with van der Waals surface area (Å²) in [6, 6.07) is 8.54. The number of nitrogens with zero attached hydrogens (tertiary/aromatic N) is 2. The molecule has 1 heterocycles. The van der Waals surface area contributed by atoms with Gasteiger partial charge in [-0.05, 0) is 30.3 Å². The third kappa shape index (κ3) is 3.28. The van der Waals surface area contributed by atoms with E-state index >= 15 is 0 Å². The Morgan fingerprint density at radius 3 is 2.82 bits per heavy atom. The van der Waals surface area contributed by atoms with Crippen LogP contribution in [0.1, 0.15) is 5.56 Å². The summed E-state index contributed by atoms with van der Waals surface area (Å²) in [7, 11) is 0. The number of hydrogen-bond acceptors (Lipinski definition) is 3. The van der Waals surface area contributed by atoms with Crippen molar-refractivity contribution in [1.29, 1.82) is 0 Å². The van der Waals surface area contributed by atoms with Gasteiger partial charge in [0, 0.05) is 22.4 Å². The molecule has 0 spiro atoms. The summed E-state index contributed by atoms with van der Waals surface area (Å²) in [6.07, 6.45) is 3.07. The number of pyridine rings is 1. The summed E-state index contributed by atoms with van der Waals surface area (Å²) in [6.45, 7) is 0. The van der Waals surface area contributed by atoms with E-state index in [-0.39, 0.29) is 5.75 Å². The molecular formula is C12H8BrClN2O. The molecule has 0 radical (unpaired) electrons. The minimum absolute atomic E-state index is 0.172. The van der Waals surface area contributed by atoms with Crippen molar-refractivity contribution in [3.05, 3.63) is 51.6 Å². The van der Waals surface area contributed by atoms with Crippen molar-refractivity contribution in [2.45, 2.75) is 0 Å². The maximum atomic E-state index is 9.60. The molecule has 0 saturated carbocycles. The molecule has 3 nitrogen and oxygen atoms in total. The summed E-state index contributed by atoms with van der Waals surface area (Å²) >= 11 is 9.04. The number of benzene rings is 1. The van der Waals surface area contributed by atoms with Crippen LogP contribution < -0.4 is 0 Å². The summed E-state index contributed by atoms with van der Waals surface area (Å²) < 4.78 is 0.876. The molecule has 5 heteroatoms. The van der Waals surface area contributed by atoms with Crippen LogP contribution in [0.25, 0.3) is 0 Å². The van der Waals surface area contributed by atoms with Gasteiger partial charge in [-0.25, -0.2) is 9.98 Å². The third-order valence-electron chi connectivity index (χ3n) is 2.04. The quantitative estimate of drug-likeness (QED) is 0.853. The van der Waals surface area contributed by atoms with Gasteiger partial charge in [-0.3, -0.25) is 0 Å². The van der Waals surface area contributed by atoms with Crippen molar-refractivity contribution in [1.82, 2.24) is 4.98 Å². The molecule has 2 rings (SSSR count). The van der Waals surface area contributed by atoms with E-state index in [0.717, 1.165) is 4.47 Å². The van der Waals surface area contributed by atoms with Crippen LogP contribution in [0, 0.1) is 0 Å². The van der Waals surface area contributed by atoms with Crippen LogP contribution in [0.3, 0.4) is 0 Å². The Balaban J connectivity index is 2.25. The minimum atomic E-state index is 0.172. The van der Waals surface area contributed by atoms with Crippen molar-refractivity contribution in [3.63, 3.8) is 0 Å². The van der Waals surface area contributed by atoms with Crippen LogP contribution in [-0.4, -0.2) is 16.3 Å². The number of phenolic OH excluding ortho intramolecular Hbond substituents is 1. The Morgan fingerprint density at radius 1 is 1.29 bits per heavy atom. The first-order valence-electron chi connectivity index (χ1n) is 4.79. The average Bonchev–Trinajstić information content (AvgIpc) is 2.32. The summed E-state index contributed by atoms with van der Waals surface area (Å²) in [4.78, 5) is 8.17. The first-order valence-corrected chi connectivity index (χ1v) is 5.96. The van der Waals surface area contributed by atoms with Gasteiger partial charge in [0.25, 0.3) is 0 Å². The van der Waals surface area contributed by atoms with E-state index in [1.54, 1.807) is 36.5 Å². The predicted molar refractivity (Wildman–Crippen MR) is 72.3 cm³/mol. The van der Waals surface area contributed by atoms with Crippen LogP contribution in [0.5, 0.6) is 5.75 Å². The molecule has 0 saturated heterocycles. The van der Waals surface area contributed by atoms with Gasteiger partial charge in [-0.2, -0.15) is 0 Å². The van der Waals surface area contributed by atoms with Crippen LogP contribution >= 0.6 is 27.5 Å². The first-order chi connectivity index (χ1) is 8.15. The fourth-order valence-corrected chi connectivity index (χ4v) is 1.70. The molecule has 0 aliphatic rings. The van der Waals surface area contributed by atoms with Crippen molar-refractivity contribution in [2.75, 3.05) is 0 Å². The SMILES string of the molecule is Oc1ccc(Br)cc1C=Nc1ccc(Cl)cn1. The third-order valence-corrected chi connectivity index (χ3v) is 2.75. The number of rotatable bonds is 2. The lowest BCUT2D eigenvalue weighted by molar-refractivity contribution is 0.474. The van der Waals surface area contributed by atoms with Crippen LogP contribution in [0.4, 0.5) is 5.82 Å². The van der Waals surface area contributed by atoms with E-state index < -0.39 is 0 Å². The summed E-state index contributed by atoms with van der Waals surface area (Å²) in [5.74, 6) is 0.708. The number of phenols is 1. The molecule has 0 unspecified atom stereocenters. The maximum absolute atomic E-state index is 9.60. The second-order valence-electron chi connectivity index (χ2n) is 3.30. The zero-order chi connectivity index (χ0) is 12.3. The van der Waals surface area contributed by atoms with Gasteiger partial charge in [0.1, 0.15) is 5.75 Å². The Kier molecular flexibility index (Phi) is 3.76. The number of halogens is 2. The minimum Gasteiger partial charge on any atom is -0.507 e. The topological polar surface area (TPSA) is 45.5 Å². The summed E-state index contributed by atoms with van der Waals surface area (Å²) in [5.41, 5.74) is 0.621. The zero-order valence-corrected chi connectivity index (χ0v) is 11.0. The number of aromatic hydroxyl groups is 1. The fourth-order valence-electron chi connectivity index (χ4n) is 1.21. The van der Waals surface area contributed by atoms with E-state index in [9.17, 15) is 5.11 Å². The van der Waals surface area contributed by atoms with E-state index in [4.69, 9.17) is 11.6 Å². The number of hydrogen-bond donors (Lipinski definition) is 1. The number of aliphatic imine (C=N–C) groups is 1. The smallest absolute Gasteiger partial charge is 0.151 e. The largest absolute Gasteiger partial charge is 0.507 e. The molecule has 2 aromatic rings. The normalized spacial score (nSPS) is 10.9. The standard InChI is InChI=1S/C12H8BrClN2O/c13-9-1-3-11(17)8(5-9)6-15-12-4-2-10(14)7-16-12/h1-7,17H. The molecule has 0 aliphatic carbocycles. The average molecular weight is 312 g/mol. The molecule has 17 heavy (non-hydrogen) atoms. The highest BCUT2D eigenvalue weighted by Crippen LogP contribution is 2.21. The maximum Gasteiger partial charge on any atom is 0.151 e. The lowest BCUT2D eigenvalue weighted by Gasteiger charge is -1.99. The van der Waals surface area contributed by atoms with Crippen LogP contribution in [0.2, 0.25) is 5.02 Å². The monoisotopic (exact) mass is 310 g/mol.